The van der Waals surface area contributed by atoms with Gasteiger partial charge in [-0.2, -0.15) is 0 Å². The third-order valence-corrected chi connectivity index (χ3v) is 4.52. The number of primary sulfonamides is 1. The molecular formula is C15H20N2O7S. The molecule has 0 unspecified atom stereocenters. The summed E-state index contributed by atoms with van der Waals surface area (Å²) in [7, 11) is -2.67. The van der Waals surface area contributed by atoms with Gasteiger partial charge in [-0.05, 0) is 31.0 Å². The predicted octanol–water partition coefficient (Wildman–Crippen LogP) is -0.205. The number of carbonyl (C=O) groups is 2. The number of sulfonamides is 1. The second-order valence-corrected chi connectivity index (χ2v) is 6.98. The Morgan fingerprint density at radius 2 is 2.16 bits per heavy atom. The highest BCUT2D eigenvalue weighted by atomic mass is 32.2. The lowest BCUT2D eigenvalue weighted by Gasteiger charge is -2.12. The number of rotatable bonds is 7. The first-order chi connectivity index (χ1) is 11.8. The minimum atomic E-state index is -3.99. The molecule has 25 heavy (non-hydrogen) atoms. The van der Waals surface area contributed by atoms with Gasteiger partial charge in [0, 0.05) is 13.2 Å². The number of hydrogen-bond donors (Lipinski definition) is 2. The standard InChI is InChI=1S/C15H20N2O7S/c1-22-13-5-4-11(25(16,20)21)7-12(13)15(19)24-9-14(18)17-8-10-3-2-6-23-10/h4-5,7,10H,2-3,6,8-9H2,1H3,(H,17,18)(H2,16,20,21)/t10-/m0/s1. The molecule has 1 aliphatic heterocycles. The summed E-state index contributed by atoms with van der Waals surface area (Å²) >= 11 is 0. The highest BCUT2D eigenvalue weighted by Crippen LogP contribution is 2.22. The van der Waals surface area contributed by atoms with Crippen LogP contribution >= 0.6 is 0 Å². The maximum absolute atomic E-state index is 12.1. The third kappa shape index (κ3) is 5.41. The van der Waals surface area contributed by atoms with E-state index in [1.165, 1.54) is 19.2 Å². The first kappa shape index (κ1) is 19.2. The summed E-state index contributed by atoms with van der Waals surface area (Å²) in [6.45, 7) is 0.518. The van der Waals surface area contributed by atoms with Gasteiger partial charge in [0.15, 0.2) is 6.61 Å². The summed E-state index contributed by atoms with van der Waals surface area (Å²) in [5.41, 5.74) is -0.138. The zero-order valence-corrected chi connectivity index (χ0v) is 14.5. The van der Waals surface area contributed by atoms with Crippen LogP contribution in [0.25, 0.3) is 0 Å². The van der Waals surface area contributed by atoms with Crippen LogP contribution in [0.4, 0.5) is 0 Å². The first-order valence-corrected chi connectivity index (χ1v) is 9.12. The number of esters is 1. The predicted molar refractivity (Wildman–Crippen MR) is 86.6 cm³/mol. The minimum Gasteiger partial charge on any atom is -0.496 e. The van der Waals surface area contributed by atoms with Crippen molar-refractivity contribution in [3.8, 4) is 5.75 Å². The highest BCUT2D eigenvalue weighted by Gasteiger charge is 2.20. The van der Waals surface area contributed by atoms with E-state index in [9.17, 15) is 18.0 Å². The summed E-state index contributed by atoms with van der Waals surface area (Å²) in [6, 6.07) is 3.54. The molecule has 1 saturated heterocycles. The third-order valence-electron chi connectivity index (χ3n) is 3.60. The lowest BCUT2D eigenvalue weighted by Crippen LogP contribution is -2.34. The van der Waals surface area contributed by atoms with E-state index < -0.39 is 28.5 Å². The topological polar surface area (TPSA) is 134 Å². The molecule has 0 aromatic heterocycles. The van der Waals surface area contributed by atoms with E-state index >= 15 is 0 Å². The van der Waals surface area contributed by atoms with Crippen LogP contribution in [0.1, 0.15) is 23.2 Å². The van der Waals surface area contributed by atoms with Crippen LogP contribution < -0.4 is 15.2 Å². The molecule has 1 fully saturated rings. The van der Waals surface area contributed by atoms with Crippen molar-refractivity contribution in [1.29, 1.82) is 0 Å². The van der Waals surface area contributed by atoms with E-state index in [1.807, 2.05) is 0 Å². The van der Waals surface area contributed by atoms with Crippen LogP contribution in [-0.4, -0.2) is 53.3 Å². The molecule has 1 aromatic carbocycles. The molecule has 0 bridgehead atoms. The molecular weight excluding hydrogens is 352 g/mol. The zero-order chi connectivity index (χ0) is 18.4. The minimum absolute atomic E-state index is 0.0220. The van der Waals surface area contributed by atoms with Crippen LogP contribution in [0.2, 0.25) is 0 Å². The van der Waals surface area contributed by atoms with Crippen LogP contribution in [0.3, 0.4) is 0 Å². The second kappa shape index (κ2) is 8.28. The van der Waals surface area contributed by atoms with Crippen molar-refractivity contribution in [3.05, 3.63) is 23.8 Å². The van der Waals surface area contributed by atoms with Gasteiger partial charge in [0.2, 0.25) is 10.0 Å². The van der Waals surface area contributed by atoms with Gasteiger partial charge in [0.25, 0.3) is 5.91 Å². The molecule has 0 aliphatic carbocycles. The molecule has 1 amide bonds. The zero-order valence-electron chi connectivity index (χ0n) is 13.7. The maximum atomic E-state index is 12.1. The van der Waals surface area contributed by atoms with Crippen molar-refractivity contribution in [2.24, 2.45) is 5.14 Å². The monoisotopic (exact) mass is 372 g/mol. The van der Waals surface area contributed by atoms with E-state index in [4.69, 9.17) is 19.3 Å². The van der Waals surface area contributed by atoms with Crippen molar-refractivity contribution in [1.82, 2.24) is 5.32 Å². The highest BCUT2D eigenvalue weighted by molar-refractivity contribution is 7.89. The Morgan fingerprint density at radius 1 is 1.40 bits per heavy atom. The fraction of sp³-hybridized carbons (Fsp3) is 0.467. The Kier molecular flexibility index (Phi) is 6.34. The van der Waals surface area contributed by atoms with E-state index in [2.05, 4.69) is 5.32 Å². The molecule has 2 rings (SSSR count). The first-order valence-electron chi connectivity index (χ1n) is 7.57. The number of methoxy groups -OCH3 is 1. The SMILES string of the molecule is COc1ccc(S(N)(=O)=O)cc1C(=O)OCC(=O)NC[C@@H]1CCCO1. The van der Waals surface area contributed by atoms with Gasteiger partial charge in [-0.25, -0.2) is 18.4 Å². The van der Waals surface area contributed by atoms with Crippen molar-refractivity contribution in [2.75, 3.05) is 26.9 Å². The van der Waals surface area contributed by atoms with Crippen LogP contribution in [-0.2, 0) is 24.3 Å². The van der Waals surface area contributed by atoms with Gasteiger partial charge < -0.3 is 19.5 Å². The molecule has 138 valence electrons. The van der Waals surface area contributed by atoms with Crippen LogP contribution in [0.15, 0.2) is 23.1 Å². The van der Waals surface area contributed by atoms with Crippen LogP contribution in [0.5, 0.6) is 5.75 Å². The fourth-order valence-electron chi connectivity index (χ4n) is 2.32. The largest absolute Gasteiger partial charge is 0.496 e. The Hall–Kier alpha value is -2.17. The van der Waals surface area contributed by atoms with E-state index in [-0.39, 0.29) is 22.3 Å². The molecule has 0 saturated carbocycles. The molecule has 9 nitrogen and oxygen atoms in total. The van der Waals surface area contributed by atoms with Crippen molar-refractivity contribution >= 4 is 21.9 Å². The number of amides is 1. The number of nitrogens with one attached hydrogen (secondary N) is 1. The van der Waals surface area contributed by atoms with Crippen molar-refractivity contribution < 1.29 is 32.2 Å². The van der Waals surface area contributed by atoms with E-state index in [0.717, 1.165) is 18.9 Å². The summed E-state index contributed by atoms with van der Waals surface area (Å²) in [5, 5.41) is 7.65. The average Bonchev–Trinajstić information content (AvgIpc) is 3.09. The maximum Gasteiger partial charge on any atom is 0.342 e. The molecule has 1 heterocycles. The Bertz CT molecular complexity index is 742. The van der Waals surface area contributed by atoms with E-state index in [1.54, 1.807) is 0 Å². The molecule has 1 aromatic rings. The molecule has 0 radical (unpaired) electrons. The van der Waals surface area contributed by atoms with Gasteiger partial charge in [0.05, 0.1) is 18.1 Å². The molecule has 1 atom stereocenters. The molecule has 0 spiro atoms. The number of nitrogens with two attached hydrogens (primary N) is 1. The van der Waals surface area contributed by atoms with Crippen molar-refractivity contribution in [3.63, 3.8) is 0 Å². The van der Waals surface area contributed by atoms with Gasteiger partial charge in [-0.15, -0.1) is 0 Å². The summed E-state index contributed by atoms with van der Waals surface area (Å²) < 4.78 is 38.1. The molecule has 10 heteroatoms. The Labute approximate surface area is 145 Å². The smallest absolute Gasteiger partial charge is 0.342 e. The fourth-order valence-corrected chi connectivity index (χ4v) is 2.86. The summed E-state index contributed by atoms with van der Waals surface area (Å²) in [4.78, 5) is 23.6. The quantitative estimate of drug-likeness (QED) is 0.633. The van der Waals surface area contributed by atoms with Gasteiger partial charge in [-0.3, -0.25) is 4.79 Å². The van der Waals surface area contributed by atoms with E-state index in [0.29, 0.717) is 13.2 Å². The van der Waals surface area contributed by atoms with Gasteiger partial charge in [-0.1, -0.05) is 0 Å². The lowest BCUT2D eigenvalue weighted by atomic mass is 10.2. The summed E-state index contributed by atoms with van der Waals surface area (Å²) in [6.07, 6.45) is 1.80. The number of ether oxygens (including phenoxy) is 3. The Balaban J connectivity index is 1.96. The van der Waals surface area contributed by atoms with Gasteiger partial charge in [0.1, 0.15) is 11.3 Å². The van der Waals surface area contributed by atoms with Crippen molar-refractivity contribution in [2.45, 2.75) is 23.8 Å². The normalized spacial score (nSPS) is 17.1. The second-order valence-electron chi connectivity index (χ2n) is 5.42. The van der Waals surface area contributed by atoms with Gasteiger partial charge >= 0.3 is 5.97 Å². The average molecular weight is 372 g/mol. The Morgan fingerprint density at radius 3 is 2.76 bits per heavy atom. The number of benzene rings is 1. The number of hydrogen-bond acceptors (Lipinski definition) is 7. The number of carbonyl (C=O) groups excluding carboxylic acids is 2. The summed E-state index contributed by atoms with van der Waals surface area (Å²) in [5.74, 6) is -1.27. The van der Waals surface area contributed by atoms with Crippen LogP contribution in [0, 0.1) is 0 Å². The molecule has 3 N–H and O–H groups in total. The molecule has 1 aliphatic rings. The lowest BCUT2D eigenvalue weighted by molar-refractivity contribution is -0.124.